The van der Waals surface area contributed by atoms with Gasteiger partial charge in [-0.25, -0.2) is 9.59 Å². The maximum Gasteiger partial charge on any atom is 0.411 e. The van der Waals surface area contributed by atoms with Crippen LogP contribution in [0.15, 0.2) is 60.7 Å². The largest absolute Gasteiger partial charge is 0.451 e. The summed E-state index contributed by atoms with van der Waals surface area (Å²) in [6.07, 6.45) is -1.64. The fourth-order valence-corrected chi connectivity index (χ4v) is 3.32. The third kappa shape index (κ3) is 5.35. The molecule has 1 N–H and O–H groups in total. The van der Waals surface area contributed by atoms with Crippen molar-refractivity contribution in [3.63, 3.8) is 0 Å². The van der Waals surface area contributed by atoms with Crippen LogP contribution in [0.5, 0.6) is 0 Å². The number of carbonyl (C=O) groups is 2. The summed E-state index contributed by atoms with van der Waals surface area (Å²) in [4.78, 5) is 27.1. The summed E-state index contributed by atoms with van der Waals surface area (Å²) in [6, 6.07) is 18.0. The molecule has 0 unspecified atom stereocenters. The Bertz CT molecular complexity index is 813. The van der Waals surface area contributed by atoms with Crippen molar-refractivity contribution >= 4 is 12.1 Å². The van der Waals surface area contributed by atoms with E-state index in [1.807, 2.05) is 60.7 Å². The van der Waals surface area contributed by atoms with Crippen LogP contribution in [0.2, 0.25) is 0 Å². The average molecular weight is 398 g/mol. The van der Waals surface area contributed by atoms with Crippen molar-refractivity contribution in [2.45, 2.75) is 51.0 Å². The van der Waals surface area contributed by atoms with E-state index in [4.69, 9.17) is 10.9 Å². The van der Waals surface area contributed by atoms with E-state index < -0.39 is 35.9 Å². The molecule has 6 nitrogen and oxygen atoms in total. The molecular formula is C23H27NO5. The number of benzene rings is 2. The van der Waals surface area contributed by atoms with Crippen LogP contribution in [0.3, 0.4) is 0 Å². The van der Waals surface area contributed by atoms with Crippen molar-refractivity contribution < 1.29 is 24.2 Å². The maximum absolute atomic E-state index is 13.2. The molecule has 0 spiro atoms. The predicted molar refractivity (Wildman–Crippen MR) is 108 cm³/mol. The number of β-amino-alcohol motifs (C(OH)–C–C–N with tert-alkyl or cyclic N) is 1. The third-order valence-corrected chi connectivity index (χ3v) is 4.60. The van der Waals surface area contributed by atoms with E-state index in [9.17, 15) is 9.59 Å². The summed E-state index contributed by atoms with van der Waals surface area (Å²) in [7, 11) is 0. The second-order valence-corrected chi connectivity index (χ2v) is 8.14. The van der Waals surface area contributed by atoms with Gasteiger partial charge in [0.05, 0.1) is 12.6 Å². The minimum atomic E-state index is -0.884. The Morgan fingerprint density at radius 1 is 1.07 bits per heavy atom. The molecule has 0 saturated carbocycles. The Balaban J connectivity index is 1.83. The van der Waals surface area contributed by atoms with Crippen LogP contribution in [0.25, 0.3) is 0 Å². The van der Waals surface area contributed by atoms with E-state index in [0.717, 1.165) is 11.1 Å². The number of hydrogen-bond donors (Lipinski definition) is 1. The molecular weight excluding hydrogens is 370 g/mol. The lowest BCUT2D eigenvalue weighted by molar-refractivity contribution is -0.152. The van der Waals surface area contributed by atoms with Crippen molar-refractivity contribution in [1.29, 1.82) is 1.43 Å². The van der Waals surface area contributed by atoms with Gasteiger partial charge in [0, 0.05) is 6.42 Å². The molecule has 0 radical (unpaired) electrons. The first-order valence-electron chi connectivity index (χ1n) is 10.1. The number of rotatable bonds is 5. The maximum atomic E-state index is 13.2. The standard InChI is InChI=1S/C23H27NO5/c1-23(2,3)29-22(27)24-15-18(25)14-19(24)21(26)28-20(16-10-6-4-7-11-16)17-12-8-5-9-13-17/h4-13,18-20,25H,14-15H2,1-3H3/t18-,19-/m0/s1/i25D. The highest BCUT2D eigenvalue weighted by Crippen LogP contribution is 2.29. The summed E-state index contributed by atoms with van der Waals surface area (Å²) in [5, 5.41) is 4.67. The zero-order chi connectivity index (χ0) is 21.7. The number of likely N-dealkylation sites (tertiary alicyclic amines) is 1. The van der Waals surface area contributed by atoms with Gasteiger partial charge in [0.25, 0.3) is 0 Å². The molecule has 1 aliphatic heterocycles. The van der Waals surface area contributed by atoms with Crippen LogP contribution in [-0.4, -0.2) is 47.8 Å². The Kier molecular flexibility index (Phi) is 5.81. The number of aliphatic hydroxyl groups is 1. The number of aliphatic hydroxyl groups excluding tert-OH is 1. The van der Waals surface area contributed by atoms with Crippen molar-refractivity contribution in [1.82, 2.24) is 4.90 Å². The smallest absolute Gasteiger partial charge is 0.411 e. The first kappa shape index (κ1) is 19.5. The summed E-state index contributed by atoms with van der Waals surface area (Å²) < 4.78 is 18.6. The normalized spacial score (nSPS) is 19.7. The number of esters is 1. The minimum Gasteiger partial charge on any atom is -0.451 e. The Morgan fingerprint density at radius 3 is 2.10 bits per heavy atom. The molecule has 1 amide bonds. The number of ether oxygens (including phenoxy) is 2. The lowest BCUT2D eigenvalue weighted by atomic mass is 10.0. The van der Waals surface area contributed by atoms with E-state index in [0.29, 0.717) is 0 Å². The average Bonchev–Trinajstić information content (AvgIpc) is 3.17. The Morgan fingerprint density at radius 2 is 1.62 bits per heavy atom. The van der Waals surface area contributed by atoms with Gasteiger partial charge in [0.15, 0.2) is 6.10 Å². The molecule has 2 aromatic carbocycles. The highest BCUT2D eigenvalue weighted by Gasteiger charge is 2.42. The van der Waals surface area contributed by atoms with Crippen molar-refractivity contribution in [3.05, 3.63) is 71.8 Å². The number of hydrogen-bond acceptors (Lipinski definition) is 5. The van der Waals surface area contributed by atoms with Crippen LogP contribution < -0.4 is 0 Å². The van der Waals surface area contributed by atoms with E-state index in [1.165, 1.54) is 4.90 Å². The zero-order valence-corrected chi connectivity index (χ0v) is 16.9. The van der Waals surface area contributed by atoms with Crippen LogP contribution in [0.1, 0.15) is 44.4 Å². The molecule has 6 heteroatoms. The van der Waals surface area contributed by atoms with Gasteiger partial charge in [0.2, 0.25) is 1.43 Å². The molecule has 0 aromatic heterocycles. The van der Waals surface area contributed by atoms with E-state index in [1.54, 1.807) is 20.8 Å². The second-order valence-electron chi connectivity index (χ2n) is 8.14. The van der Waals surface area contributed by atoms with Gasteiger partial charge in [-0.15, -0.1) is 0 Å². The lowest BCUT2D eigenvalue weighted by Gasteiger charge is -2.28. The second kappa shape index (κ2) is 8.66. The molecule has 2 atom stereocenters. The monoisotopic (exact) mass is 398 g/mol. The lowest BCUT2D eigenvalue weighted by Crippen LogP contribution is -2.44. The van der Waals surface area contributed by atoms with Gasteiger partial charge in [-0.2, -0.15) is 0 Å². The summed E-state index contributed by atoms with van der Waals surface area (Å²) in [5.74, 6) is -0.557. The Labute approximate surface area is 172 Å². The number of amides is 1. The van der Waals surface area contributed by atoms with E-state index in [-0.39, 0.29) is 13.0 Å². The van der Waals surface area contributed by atoms with Gasteiger partial charge >= 0.3 is 12.1 Å². The van der Waals surface area contributed by atoms with Gasteiger partial charge in [0.1, 0.15) is 11.6 Å². The SMILES string of the molecule is [2H]O[C@H]1C[C@@H](C(=O)OC(c2ccccc2)c2ccccc2)N(C(=O)OC(C)(C)C)C1. The molecule has 154 valence electrons. The molecule has 29 heavy (non-hydrogen) atoms. The molecule has 0 aliphatic carbocycles. The quantitative estimate of drug-likeness (QED) is 0.778. The first-order chi connectivity index (χ1) is 14.3. The van der Waals surface area contributed by atoms with E-state index in [2.05, 4.69) is 5.11 Å². The summed E-state index contributed by atoms with van der Waals surface area (Å²) in [6.45, 7) is 5.37. The molecule has 3 rings (SSSR count). The highest BCUT2D eigenvalue weighted by molar-refractivity contribution is 5.82. The molecule has 1 heterocycles. The zero-order valence-electron chi connectivity index (χ0n) is 17.9. The predicted octanol–water partition coefficient (Wildman–Crippen LogP) is 3.69. The topological polar surface area (TPSA) is 76.1 Å². The van der Waals surface area contributed by atoms with Gasteiger partial charge in [-0.1, -0.05) is 60.7 Å². The highest BCUT2D eigenvalue weighted by atomic mass is 16.6. The Hall–Kier alpha value is -2.86. The summed E-state index contributed by atoms with van der Waals surface area (Å²) >= 11 is 0. The van der Waals surface area contributed by atoms with Crippen molar-refractivity contribution in [2.24, 2.45) is 0 Å². The van der Waals surface area contributed by atoms with Gasteiger partial charge in [-0.05, 0) is 31.9 Å². The van der Waals surface area contributed by atoms with Crippen LogP contribution in [0.4, 0.5) is 4.79 Å². The van der Waals surface area contributed by atoms with Crippen LogP contribution in [-0.2, 0) is 14.3 Å². The van der Waals surface area contributed by atoms with Gasteiger partial charge < -0.3 is 14.6 Å². The van der Waals surface area contributed by atoms with Crippen LogP contribution >= 0.6 is 0 Å². The molecule has 2 aromatic rings. The summed E-state index contributed by atoms with van der Waals surface area (Å²) in [5.41, 5.74) is 0.946. The first-order valence-corrected chi connectivity index (χ1v) is 9.70. The van der Waals surface area contributed by atoms with Crippen LogP contribution in [0, 0.1) is 0 Å². The fourth-order valence-electron chi connectivity index (χ4n) is 3.32. The molecule has 1 fully saturated rings. The van der Waals surface area contributed by atoms with Gasteiger partial charge in [-0.3, -0.25) is 4.90 Å². The van der Waals surface area contributed by atoms with E-state index >= 15 is 0 Å². The fraction of sp³-hybridized carbons (Fsp3) is 0.391. The minimum absolute atomic E-state index is 0.0967. The van der Waals surface area contributed by atoms with Crippen molar-refractivity contribution in [2.75, 3.05) is 6.54 Å². The van der Waals surface area contributed by atoms with Crippen molar-refractivity contribution in [3.8, 4) is 0 Å². The third-order valence-electron chi connectivity index (χ3n) is 4.60. The number of carbonyl (C=O) groups excluding carboxylic acids is 2. The molecule has 1 aliphatic rings. The molecule has 1 saturated heterocycles. The number of nitrogens with zero attached hydrogens (tertiary/aromatic N) is 1. The molecule has 0 bridgehead atoms.